The van der Waals surface area contributed by atoms with E-state index in [0.29, 0.717) is 4.88 Å². The van der Waals surface area contributed by atoms with E-state index in [1.165, 1.54) is 11.3 Å². The van der Waals surface area contributed by atoms with Crippen LogP contribution >= 0.6 is 11.3 Å². The second kappa shape index (κ2) is 4.34. The van der Waals surface area contributed by atoms with Crippen LogP contribution in [-0.4, -0.2) is 28.6 Å². The number of nitrogens with one attached hydrogen (secondary N) is 1. The van der Waals surface area contributed by atoms with Crippen molar-refractivity contribution in [3.8, 4) is 0 Å². The van der Waals surface area contributed by atoms with Gasteiger partial charge < -0.3 is 10.4 Å². The molecule has 0 saturated heterocycles. The molecule has 4 nitrogen and oxygen atoms in total. The van der Waals surface area contributed by atoms with E-state index >= 15 is 0 Å². The summed E-state index contributed by atoms with van der Waals surface area (Å²) in [6.45, 7) is 3.53. The molecule has 0 aliphatic heterocycles. The van der Waals surface area contributed by atoms with Gasteiger partial charge in [-0.15, -0.1) is 11.3 Å². The maximum absolute atomic E-state index is 11.4. The Labute approximate surface area is 80.6 Å². The van der Waals surface area contributed by atoms with Crippen LogP contribution in [0.15, 0.2) is 6.20 Å². The zero-order chi connectivity index (χ0) is 9.84. The van der Waals surface area contributed by atoms with Gasteiger partial charge in [-0.05, 0) is 13.8 Å². The quantitative estimate of drug-likeness (QED) is 0.749. The van der Waals surface area contributed by atoms with E-state index in [0.717, 1.165) is 5.01 Å². The first-order valence-electron chi connectivity index (χ1n) is 3.97. The number of rotatable bonds is 3. The topological polar surface area (TPSA) is 62.2 Å². The monoisotopic (exact) mass is 200 g/mol. The number of carbonyl (C=O) groups excluding carboxylic acids is 1. The van der Waals surface area contributed by atoms with Crippen LogP contribution in [0.4, 0.5) is 0 Å². The number of carbonyl (C=O) groups is 1. The lowest BCUT2D eigenvalue weighted by atomic mass is 10.3. The molecule has 1 heterocycles. The number of hydrogen-bond donors (Lipinski definition) is 2. The van der Waals surface area contributed by atoms with E-state index in [9.17, 15) is 4.79 Å². The van der Waals surface area contributed by atoms with Crippen molar-refractivity contribution in [1.29, 1.82) is 0 Å². The minimum Gasteiger partial charge on any atom is -0.394 e. The molecule has 1 aromatic rings. The van der Waals surface area contributed by atoms with Gasteiger partial charge in [-0.25, -0.2) is 4.98 Å². The molecule has 0 spiro atoms. The number of aromatic nitrogens is 1. The highest BCUT2D eigenvalue weighted by Gasteiger charge is 2.10. The van der Waals surface area contributed by atoms with Crippen molar-refractivity contribution in [3.63, 3.8) is 0 Å². The number of hydrogen-bond acceptors (Lipinski definition) is 4. The molecular weight excluding hydrogens is 188 g/mol. The second-order valence-electron chi connectivity index (χ2n) is 2.80. The molecule has 0 unspecified atom stereocenters. The normalized spacial score (nSPS) is 12.5. The van der Waals surface area contributed by atoms with E-state index in [2.05, 4.69) is 10.3 Å². The molecule has 1 aromatic heterocycles. The van der Waals surface area contributed by atoms with Crippen molar-refractivity contribution in [3.05, 3.63) is 16.1 Å². The summed E-state index contributed by atoms with van der Waals surface area (Å²) in [5.41, 5.74) is 0. The SMILES string of the molecule is Cc1ncc(C(=O)N[C@H](C)CO)s1. The summed E-state index contributed by atoms with van der Waals surface area (Å²) in [7, 11) is 0. The molecule has 13 heavy (non-hydrogen) atoms. The Morgan fingerprint density at radius 2 is 2.54 bits per heavy atom. The van der Waals surface area contributed by atoms with Gasteiger partial charge in [-0.1, -0.05) is 0 Å². The Morgan fingerprint density at radius 1 is 1.85 bits per heavy atom. The van der Waals surface area contributed by atoms with Crippen molar-refractivity contribution in [2.24, 2.45) is 0 Å². The molecule has 0 aromatic carbocycles. The molecule has 0 fully saturated rings. The highest BCUT2D eigenvalue weighted by atomic mass is 32.1. The van der Waals surface area contributed by atoms with Gasteiger partial charge >= 0.3 is 0 Å². The third kappa shape index (κ3) is 2.78. The number of aliphatic hydroxyl groups is 1. The van der Waals surface area contributed by atoms with Crippen LogP contribution in [-0.2, 0) is 0 Å². The highest BCUT2D eigenvalue weighted by molar-refractivity contribution is 7.13. The predicted octanol–water partition coefficient (Wildman–Crippen LogP) is 0.562. The van der Waals surface area contributed by atoms with Gasteiger partial charge in [0.05, 0.1) is 17.8 Å². The number of nitrogens with zero attached hydrogens (tertiary/aromatic N) is 1. The van der Waals surface area contributed by atoms with Crippen LogP contribution in [0.2, 0.25) is 0 Å². The van der Waals surface area contributed by atoms with Crippen LogP contribution in [0, 0.1) is 6.92 Å². The maximum Gasteiger partial charge on any atom is 0.263 e. The third-order valence-corrected chi connectivity index (χ3v) is 2.41. The molecule has 72 valence electrons. The molecule has 0 aliphatic carbocycles. The summed E-state index contributed by atoms with van der Waals surface area (Å²) < 4.78 is 0. The van der Waals surface area contributed by atoms with Crippen LogP contribution in [0.25, 0.3) is 0 Å². The summed E-state index contributed by atoms with van der Waals surface area (Å²) in [5, 5.41) is 12.2. The fraction of sp³-hybridized carbons (Fsp3) is 0.500. The largest absolute Gasteiger partial charge is 0.394 e. The Hall–Kier alpha value is -0.940. The van der Waals surface area contributed by atoms with Crippen LogP contribution in [0.5, 0.6) is 0 Å². The summed E-state index contributed by atoms with van der Waals surface area (Å²) in [6.07, 6.45) is 1.54. The van der Waals surface area contributed by atoms with Crippen molar-refractivity contribution < 1.29 is 9.90 Å². The third-order valence-electron chi connectivity index (χ3n) is 1.50. The van der Waals surface area contributed by atoms with E-state index in [4.69, 9.17) is 5.11 Å². The standard InChI is InChI=1S/C8H12N2O2S/c1-5(4-11)10-8(12)7-3-9-6(2)13-7/h3,5,11H,4H2,1-2H3,(H,10,12)/t5-/m1/s1. The molecule has 2 N–H and O–H groups in total. The maximum atomic E-state index is 11.4. The zero-order valence-electron chi connectivity index (χ0n) is 7.57. The average molecular weight is 200 g/mol. The number of thiazole rings is 1. The van der Waals surface area contributed by atoms with Crippen molar-refractivity contribution in [1.82, 2.24) is 10.3 Å². The van der Waals surface area contributed by atoms with Gasteiger partial charge in [-0.2, -0.15) is 0 Å². The van der Waals surface area contributed by atoms with Gasteiger partial charge in [0.1, 0.15) is 4.88 Å². The fourth-order valence-electron chi connectivity index (χ4n) is 0.807. The molecular formula is C8H12N2O2S. The first-order chi connectivity index (χ1) is 6.13. The Bertz CT molecular complexity index is 298. The first-order valence-corrected chi connectivity index (χ1v) is 4.79. The molecule has 1 amide bonds. The predicted molar refractivity (Wildman–Crippen MR) is 50.9 cm³/mol. The summed E-state index contributed by atoms with van der Waals surface area (Å²) in [5.74, 6) is -0.174. The van der Waals surface area contributed by atoms with Crippen LogP contribution in [0.1, 0.15) is 21.6 Å². The van der Waals surface area contributed by atoms with Gasteiger partial charge in [0.25, 0.3) is 5.91 Å². The van der Waals surface area contributed by atoms with E-state index in [1.54, 1.807) is 13.1 Å². The molecule has 5 heteroatoms. The highest BCUT2D eigenvalue weighted by Crippen LogP contribution is 2.10. The van der Waals surface area contributed by atoms with Gasteiger partial charge in [-0.3, -0.25) is 4.79 Å². The van der Waals surface area contributed by atoms with E-state index in [-0.39, 0.29) is 18.6 Å². The lowest BCUT2D eigenvalue weighted by molar-refractivity contribution is 0.0926. The van der Waals surface area contributed by atoms with Crippen molar-refractivity contribution >= 4 is 17.2 Å². The Morgan fingerprint density at radius 3 is 3.00 bits per heavy atom. The van der Waals surface area contributed by atoms with Crippen LogP contribution in [0.3, 0.4) is 0 Å². The summed E-state index contributed by atoms with van der Waals surface area (Å²) in [6, 6.07) is -0.213. The molecule has 0 saturated carbocycles. The smallest absolute Gasteiger partial charge is 0.263 e. The van der Waals surface area contributed by atoms with Crippen molar-refractivity contribution in [2.75, 3.05) is 6.61 Å². The van der Waals surface area contributed by atoms with E-state index < -0.39 is 0 Å². The second-order valence-corrected chi connectivity index (χ2v) is 4.04. The van der Waals surface area contributed by atoms with E-state index in [1.807, 2.05) is 6.92 Å². The average Bonchev–Trinajstić information content (AvgIpc) is 2.51. The minimum absolute atomic E-state index is 0.0521. The molecule has 1 rings (SSSR count). The molecule has 1 atom stereocenters. The molecule has 0 aliphatic rings. The van der Waals surface area contributed by atoms with Gasteiger partial charge in [0.2, 0.25) is 0 Å². The van der Waals surface area contributed by atoms with Gasteiger partial charge in [0.15, 0.2) is 0 Å². The lowest BCUT2D eigenvalue weighted by Gasteiger charge is -2.08. The zero-order valence-corrected chi connectivity index (χ0v) is 8.39. The number of aryl methyl sites for hydroxylation is 1. The molecule has 0 bridgehead atoms. The first kappa shape index (κ1) is 10.1. The lowest BCUT2D eigenvalue weighted by Crippen LogP contribution is -2.34. The molecule has 0 radical (unpaired) electrons. The number of aliphatic hydroxyl groups excluding tert-OH is 1. The Balaban J connectivity index is 2.58. The summed E-state index contributed by atoms with van der Waals surface area (Å²) in [4.78, 5) is 15.9. The summed E-state index contributed by atoms with van der Waals surface area (Å²) >= 11 is 1.34. The van der Waals surface area contributed by atoms with Gasteiger partial charge in [0, 0.05) is 6.04 Å². The van der Waals surface area contributed by atoms with Crippen molar-refractivity contribution in [2.45, 2.75) is 19.9 Å². The fourth-order valence-corrected chi connectivity index (χ4v) is 1.49. The Kier molecular flexibility index (Phi) is 3.39. The number of amides is 1. The van der Waals surface area contributed by atoms with Crippen LogP contribution < -0.4 is 5.32 Å². The minimum atomic E-state index is -0.213.